The third kappa shape index (κ3) is 3.39. The Bertz CT molecular complexity index is 1050. The quantitative estimate of drug-likeness (QED) is 0.580. The predicted molar refractivity (Wildman–Crippen MR) is 109 cm³/mol. The molecule has 0 unspecified atom stereocenters. The van der Waals surface area contributed by atoms with Crippen molar-refractivity contribution in [2.24, 2.45) is 0 Å². The SMILES string of the molecule is Cc1cc(OCc2ccc(C(C)(C)C)cc2)c2c3c(c(=O)oc2c1)CCC3. The number of fused-ring (bicyclic) bond motifs is 3. The van der Waals surface area contributed by atoms with Gasteiger partial charge in [0.15, 0.2) is 0 Å². The summed E-state index contributed by atoms with van der Waals surface area (Å²) in [4.78, 5) is 12.2. The highest BCUT2D eigenvalue weighted by Crippen LogP contribution is 2.35. The van der Waals surface area contributed by atoms with Gasteiger partial charge in [-0.3, -0.25) is 0 Å². The van der Waals surface area contributed by atoms with Gasteiger partial charge in [-0.1, -0.05) is 45.0 Å². The molecule has 2 aromatic carbocycles. The van der Waals surface area contributed by atoms with Crippen molar-refractivity contribution in [1.29, 1.82) is 0 Å². The maximum Gasteiger partial charge on any atom is 0.339 e. The molecule has 27 heavy (non-hydrogen) atoms. The predicted octanol–water partition coefficient (Wildman–Crippen LogP) is 5.47. The molecule has 0 N–H and O–H groups in total. The minimum atomic E-state index is -0.190. The Kier molecular flexibility index (Phi) is 4.33. The molecule has 0 atom stereocenters. The highest BCUT2D eigenvalue weighted by molar-refractivity contribution is 5.88. The zero-order chi connectivity index (χ0) is 19.2. The van der Waals surface area contributed by atoms with Crippen molar-refractivity contribution < 1.29 is 9.15 Å². The first-order valence-corrected chi connectivity index (χ1v) is 9.64. The lowest BCUT2D eigenvalue weighted by Crippen LogP contribution is -2.11. The molecule has 140 valence electrons. The van der Waals surface area contributed by atoms with Crippen molar-refractivity contribution >= 4 is 11.0 Å². The number of hydrogen-bond donors (Lipinski definition) is 0. The fourth-order valence-electron chi connectivity index (χ4n) is 3.88. The van der Waals surface area contributed by atoms with E-state index in [4.69, 9.17) is 9.15 Å². The van der Waals surface area contributed by atoms with Crippen LogP contribution in [-0.4, -0.2) is 0 Å². The zero-order valence-electron chi connectivity index (χ0n) is 16.5. The van der Waals surface area contributed by atoms with E-state index in [-0.39, 0.29) is 11.0 Å². The summed E-state index contributed by atoms with van der Waals surface area (Å²) in [6.07, 6.45) is 2.72. The number of benzene rings is 2. The second-order valence-corrected chi connectivity index (χ2v) is 8.57. The van der Waals surface area contributed by atoms with Gasteiger partial charge in [0.1, 0.15) is 17.9 Å². The van der Waals surface area contributed by atoms with Gasteiger partial charge in [0, 0.05) is 5.56 Å². The average Bonchev–Trinajstić information content (AvgIpc) is 3.09. The molecule has 1 heterocycles. The fourth-order valence-corrected chi connectivity index (χ4v) is 3.88. The van der Waals surface area contributed by atoms with E-state index in [1.165, 1.54) is 5.56 Å². The standard InChI is InChI=1S/C24H26O3/c1-15-12-20(26-14-16-8-10-17(11-9-16)24(2,3)4)22-18-6-5-7-19(18)23(25)27-21(22)13-15/h8-13H,5-7,14H2,1-4H3. The van der Waals surface area contributed by atoms with E-state index in [9.17, 15) is 4.79 Å². The van der Waals surface area contributed by atoms with Gasteiger partial charge in [0.2, 0.25) is 0 Å². The second-order valence-electron chi connectivity index (χ2n) is 8.57. The van der Waals surface area contributed by atoms with Crippen molar-refractivity contribution in [1.82, 2.24) is 0 Å². The van der Waals surface area contributed by atoms with Gasteiger partial charge in [0.25, 0.3) is 0 Å². The molecule has 0 aliphatic heterocycles. The maximum atomic E-state index is 12.2. The van der Waals surface area contributed by atoms with Crippen molar-refractivity contribution in [2.75, 3.05) is 0 Å². The molecule has 0 fully saturated rings. The summed E-state index contributed by atoms with van der Waals surface area (Å²) in [7, 11) is 0. The van der Waals surface area contributed by atoms with E-state index < -0.39 is 0 Å². The van der Waals surface area contributed by atoms with Crippen LogP contribution >= 0.6 is 0 Å². The normalized spacial score (nSPS) is 13.8. The summed E-state index contributed by atoms with van der Waals surface area (Å²) in [6.45, 7) is 9.14. The van der Waals surface area contributed by atoms with Crippen molar-refractivity contribution in [3.63, 3.8) is 0 Å². The molecule has 3 heteroatoms. The Balaban J connectivity index is 1.68. The molecule has 4 rings (SSSR count). The first-order chi connectivity index (χ1) is 12.8. The summed E-state index contributed by atoms with van der Waals surface area (Å²) < 4.78 is 11.8. The lowest BCUT2D eigenvalue weighted by molar-refractivity contribution is 0.309. The van der Waals surface area contributed by atoms with E-state index in [1.54, 1.807) is 0 Å². The fraction of sp³-hybridized carbons (Fsp3) is 0.375. The smallest absolute Gasteiger partial charge is 0.339 e. The van der Waals surface area contributed by atoms with Crippen LogP contribution in [0, 0.1) is 6.92 Å². The minimum absolute atomic E-state index is 0.143. The van der Waals surface area contributed by atoms with Crippen LogP contribution < -0.4 is 10.4 Å². The summed E-state index contributed by atoms with van der Waals surface area (Å²) >= 11 is 0. The van der Waals surface area contributed by atoms with E-state index in [1.807, 2.05) is 19.1 Å². The maximum absolute atomic E-state index is 12.2. The van der Waals surface area contributed by atoms with Gasteiger partial charge >= 0.3 is 5.63 Å². The van der Waals surface area contributed by atoms with Crippen LogP contribution in [0.4, 0.5) is 0 Å². The molecule has 3 nitrogen and oxygen atoms in total. The number of ether oxygens (including phenoxy) is 1. The Morgan fingerprint density at radius 3 is 2.44 bits per heavy atom. The molecule has 0 spiro atoms. The van der Waals surface area contributed by atoms with Gasteiger partial charge in [-0.25, -0.2) is 4.79 Å². The van der Waals surface area contributed by atoms with Gasteiger partial charge in [-0.15, -0.1) is 0 Å². The van der Waals surface area contributed by atoms with Crippen molar-refractivity contribution in [3.8, 4) is 5.75 Å². The molecule has 1 aliphatic rings. The third-order valence-electron chi connectivity index (χ3n) is 5.39. The van der Waals surface area contributed by atoms with Crippen molar-refractivity contribution in [3.05, 3.63) is 74.6 Å². The molecule has 0 amide bonds. The molecule has 0 saturated heterocycles. The summed E-state index contributed by atoms with van der Waals surface area (Å²) in [5.74, 6) is 0.812. The second kappa shape index (κ2) is 6.56. The number of rotatable bonds is 3. The van der Waals surface area contributed by atoms with Gasteiger partial charge < -0.3 is 9.15 Å². The monoisotopic (exact) mass is 362 g/mol. The van der Waals surface area contributed by atoms with Gasteiger partial charge in [-0.2, -0.15) is 0 Å². The minimum Gasteiger partial charge on any atom is -0.488 e. The van der Waals surface area contributed by atoms with Crippen LogP contribution in [0.2, 0.25) is 0 Å². The van der Waals surface area contributed by atoms with Crippen LogP contribution in [0.1, 0.15) is 55.0 Å². The summed E-state index contributed by atoms with van der Waals surface area (Å²) in [5.41, 5.74) is 6.00. The number of aryl methyl sites for hydroxylation is 2. The van der Waals surface area contributed by atoms with Crippen LogP contribution in [0.3, 0.4) is 0 Å². The molecular formula is C24H26O3. The Morgan fingerprint density at radius 2 is 1.74 bits per heavy atom. The topological polar surface area (TPSA) is 39.4 Å². The van der Waals surface area contributed by atoms with E-state index >= 15 is 0 Å². The molecule has 0 radical (unpaired) electrons. The van der Waals surface area contributed by atoms with E-state index in [0.29, 0.717) is 12.2 Å². The Hall–Kier alpha value is -2.55. The highest BCUT2D eigenvalue weighted by Gasteiger charge is 2.22. The Labute approximate surface area is 160 Å². The van der Waals surface area contributed by atoms with Crippen LogP contribution in [0.25, 0.3) is 11.0 Å². The molecule has 1 aliphatic carbocycles. The van der Waals surface area contributed by atoms with Crippen LogP contribution in [0.15, 0.2) is 45.6 Å². The van der Waals surface area contributed by atoms with E-state index in [0.717, 1.165) is 52.7 Å². The first kappa shape index (κ1) is 17.8. The zero-order valence-corrected chi connectivity index (χ0v) is 16.5. The first-order valence-electron chi connectivity index (χ1n) is 9.64. The summed E-state index contributed by atoms with van der Waals surface area (Å²) in [6, 6.07) is 12.6. The lowest BCUT2D eigenvalue weighted by atomic mass is 9.87. The summed E-state index contributed by atoms with van der Waals surface area (Å²) in [5, 5.41) is 0.971. The molecule has 0 bridgehead atoms. The Morgan fingerprint density at radius 1 is 1.04 bits per heavy atom. The molecule has 0 saturated carbocycles. The molecule has 3 aromatic rings. The van der Waals surface area contributed by atoms with Crippen LogP contribution in [0.5, 0.6) is 5.75 Å². The number of hydrogen-bond acceptors (Lipinski definition) is 3. The van der Waals surface area contributed by atoms with Crippen molar-refractivity contribution in [2.45, 2.75) is 59.0 Å². The lowest BCUT2D eigenvalue weighted by Gasteiger charge is -2.19. The van der Waals surface area contributed by atoms with E-state index in [2.05, 4.69) is 45.0 Å². The molecular weight excluding hydrogens is 336 g/mol. The highest BCUT2D eigenvalue weighted by atomic mass is 16.5. The third-order valence-corrected chi connectivity index (χ3v) is 5.39. The largest absolute Gasteiger partial charge is 0.488 e. The van der Waals surface area contributed by atoms with Crippen LogP contribution in [-0.2, 0) is 24.9 Å². The molecule has 1 aromatic heterocycles. The average molecular weight is 362 g/mol. The van der Waals surface area contributed by atoms with Gasteiger partial charge in [0.05, 0.1) is 5.39 Å². The van der Waals surface area contributed by atoms with Gasteiger partial charge in [-0.05, 0) is 66.0 Å².